The van der Waals surface area contributed by atoms with Crippen molar-refractivity contribution in [3.63, 3.8) is 0 Å². The Morgan fingerprint density at radius 2 is 1.82 bits per heavy atom. The van der Waals surface area contributed by atoms with Crippen LogP contribution < -0.4 is 0 Å². The Kier molecular flexibility index (Phi) is 5.19. The van der Waals surface area contributed by atoms with Crippen molar-refractivity contribution in [1.29, 1.82) is 0 Å². The van der Waals surface area contributed by atoms with E-state index in [1.54, 1.807) is 6.08 Å². The van der Waals surface area contributed by atoms with Gasteiger partial charge in [-0.1, -0.05) is 26.0 Å². The van der Waals surface area contributed by atoms with Crippen molar-refractivity contribution in [3.8, 4) is 0 Å². The van der Waals surface area contributed by atoms with Crippen molar-refractivity contribution in [3.05, 3.63) is 12.2 Å². The summed E-state index contributed by atoms with van der Waals surface area (Å²) in [5, 5.41) is 20.7. The molecule has 4 saturated carbocycles. The second-order valence-electron chi connectivity index (χ2n) is 10.7. The van der Waals surface area contributed by atoms with Gasteiger partial charge in [-0.15, -0.1) is 0 Å². The molecule has 4 aliphatic carbocycles. The number of carbonyl (C=O) groups is 1. The van der Waals surface area contributed by atoms with Crippen molar-refractivity contribution in [2.75, 3.05) is 6.61 Å². The topological polar surface area (TPSA) is 66.8 Å². The average Bonchev–Trinajstić information content (AvgIpc) is 2.91. The number of esters is 1. The van der Waals surface area contributed by atoms with Crippen LogP contribution in [-0.2, 0) is 9.53 Å². The number of hydrogen-bond acceptors (Lipinski definition) is 4. The van der Waals surface area contributed by atoms with E-state index in [1.807, 2.05) is 6.08 Å². The summed E-state index contributed by atoms with van der Waals surface area (Å²) < 4.78 is 5.57. The molecule has 0 heterocycles. The van der Waals surface area contributed by atoms with Crippen molar-refractivity contribution in [2.45, 2.75) is 90.3 Å². The van der Waals surface area contributed by atoms with Crippen LogP contribution in [0.1, 0.15) is 78.6 Å². The largest absolute Gasteiger partial charge is 0.463 e. The summed E-state index contributed by atoms with van der Waals surface area (Å²) in [6.45, 7) is 6.33. The molecule has 0 aromatic rings. The molecule has 0 amide bonds. The third-order valence-corrected chi connectivity index (χ3v) is 9.66. The predicted octanol–water partition coefficient (Wildman–Crippen LogP) is 4.24. The molecule has 158 valence electrons. The van der Waals surface area contributed by atoms with Crippen LogP contribution in [0.2, 0.25) is 0 Å². The number of aliphatic hydroxyl groups excluding tert-OH is 1. The lowest BCUT2D eigenvalue weighted by Gasteiger charge is -2.61. The monoisotopic (exact) mass is 390 g/mol. The second kappa shape index (κ2) is 7.12. The average molecular weight is 391 g/mol. The maximum Gasteiger partial charge on any atom is 0.302 e. The number of rotatable bonds is 3. The highest BCUT2D eigenvalue weighted by Gasteiger charge is 2.63. The second-order valence-corrected chi connectivity index (χ2v) is 10.7. The van der Waals surface area contributed by atoms with Gasteiger partial charge in [-0.2, -0.15) is 0 Å². The normalized spacial score (nSPS) is 50.7. The standard InChI is InChI=1S/C24H38O4/c1-16(26)28-18-7-11-22(2)17(15-18)5-6-19-20(22)8-12-23(3)21(19)9-13-24(23,27)10-4-14-25/h4,10,17-21,25,27H,5-9,11-15H2,1-3H3/t17?,18?,19-,20-,21+,22+,23+,24?/m1/s1. The van der Waals surface area contributed by atoms with E-state index in [0.717, 1.165) is 44.4 Å². The number of fused-ring (bicyclic) bond motifs is 5. The molecule has 4 heteroatoms. The molecule has 0 spiro atoms. The quantitative estimate of drug-likeness (QED) is 0.559. The number of ether oxygens (including phenoxy) is 1. The van der Waals surface area contributed by atoms with Gasteiger partial charge in [0, 0.05) is 12.3 Å². The van der Waals surface area contributed by atoms with Crippen LogP contribution in [0, 0.1) is 34.5 Å². The van der Waals surface area contributed by atoms with Gasteiger partial charge >= 0.3 is 5.97 Å². The Hall–Kier alpha value is -0.870. The van der Waals surface area contributed by atoms with E-state index in [2.05, 4.69) is 13.8 Å². The molecule has 4 aliphatic rings. The number of carbonyl (C=O) groups excluding carboxylic acids is 1. The number of aliphatic hydroxyl groups is 2. The molecule has 0 aromatic heterocycles. The van der Waals surface area contributed by atoms with Gasteiger partial charge in [-0.25, -0.2) is 0 Å². The Bertz CT molecular complexity index is 645. The molecule has 0 aliphatic heterocycles. The third-order valence-electron chi connectivity index (χ3n) is 9.66. The van der Waals surface area contributed by atoms with Crippen LogP contribution in [-0.4, -0.2) is 34.5 Å². The van der Waals surface area contributed by atoms with Gasteiger partial charge in [0.1, 0.15) is 6.10 Å². The zero-order chi connectivity index (χ0) is 20.2. The lowest BCUT2D eigenvalue weighted by atomic mass is 9.44. The van der Waals surface area contributed by atoms with Crippen molar-refractivity contribution in [1.82, 2.24) is 0 Å². The van der Waals surface area contributed by atoms with Gasteiger partial charge in [0.25, 0.3) is 0 Å². The third kappa shape index (κ3) is 2.98. The molecule has 2 N–H and O–H groups in total. The number of hydrogen-bond donors (Lipinski definition) is 2. The van der Waals surface area contributed by atoms with Crippen LogP contribution in [0.5, 0.6) is 0 Å². The molecule has 0 aromatic carbocycles. The molecule has 3 unspecified atom stereocenters. The van der Waals surface area contributed by atoms with Gasteiger partial charge in [0.2, 0.25) is 0 Å². The van der Waals surface area contributed by atoms with Crippen LogP contribution >= 0.6 is 0 Å². The fourth-order valence-corrected chi connectivity index (χ4v) is 8.13. The Morgan fingerprint density at radius 1 is 1.07 bits per heavy atom. The van der Waals surface area contributed by atoms with E-state index in [4.69, 9.17) is 4.74 Å². The van der Waals surface area contributed by atoms with Gasteiger partial charge in [0.05, 0.1) is 12.2 Å². The highest BCUT2D eigenvalue weighted by molar-refractivity contribution is 5.66. The predicted molar refractivity (Wildman–Crippen MR) is 108 cm³/mol. The smallest absolute Gasteiger partial charge is 0.302 e. The highest BCUT2D eigenvalue weighted by Crippen LogP contribution is 2.68. The Balaban J connectivity index is 1.54. The molecule has 4 fully saturated rings. The van der Waals surface area contributed by atoms with Gasteiger partial charge in [-0.3, -0.25) is 4.79 Å². The zero-order valence-corrected chi connectivity index (χ0v) is 17.8. The minimum absolute atomic E-state index is 0.00163. The molecular formula is C24H38O4. The summed E-state index contributed by atoms with van der Waals surface area (Å²) in [6.07, 6.45) is 13.6. The summed E-state index contributed by atoms with van der Waals surface area (Å²) in [5.41, 5.74) is -0.489. The van der Waals surface area contributed by atoms with Crippen LogP contribution in [0.4, 0.5) is 0 Å². The van der Waals surface area contributed by atoms with E-state index in [1.165, 1.54) is 26.2 Å². The van der Waals surface area contributed by atoms with Crippen molar-refractivity contribution < 1.29 is 19.7 Å². The lowest BCUT2D eigenvalue weighted by molar-refractivity contribution is -0.164. The first-order valence-electron chi connectivity index (χ1n) is 11.4. The summed E-state index contributed by atoms with van der Waals surface area (Å²) in [7, 11) is 0. The molecule has 0 bridgehead atoms. The fourth-order valence-electron chi connectivity index (χ4n) is 8.13. The van der Waals surface area contributed by atoms with E-state index < -0.39 is 5.60 Å². The SMILES string of the molecule is CC(=O)OC1CC[C@@]2(C)C(CC[C@@H]3[C@H]2CC[C@@]2(C)[C@H]3CCC2(O)C=CCO)C1. The Labute approximate surface area is 169 Å². The molecule has 4 rings (SSSR count). The first-order chi connectivity index (χ1) is 13.2. The van der Waals surface area contributed by atoms with Crippen LogP contribution in [0.3, 0.4) is 0 Å². The first-order valence-corrected chi connectivity index (χ1v) is 11.4. The molecule has 8 atom stereocenters. The minimum Gasteiger partial charge on any atom is -0.463 e. The molecular weight excluding hydrogens is 352 g/mol. The maximum atomic E-state index is 11.4. The van der Waals surface area contributed by atoms with Gasteiger partial charge < -0.3 is 14.9 Å². The van der Waals surface area contributed by atoms with Gasteiger partial charge in [0.15, 0.2) is 0 Å². The maximum absolute atomic E-state index is 11.4. The van der Waals surface area contributed by atoms with Crippen molar-refractivity contribution in [2.24, 2.45) is 34.5 Å². The van der Waals surface area contributed by atoms with E-state index >= 15 is 0 Å². The summed E-state index contributed by atoms with van der Waals surface area (Å²) >= 11 is 0. The summed E-state index contributed by atoms with van der Waals surface area (Å²) in [4.78, 5) is 11.4. The first kappa shape index (κ1) is 20.4. The minimum atomic E-state index is -0.768. The Morgan fingerprint density at radius 3 is 2.54 bits per heavy atom. The fraction of sp³-hybridized carbons (Fsp3) is 0.875. The van der Waals surface area contributed by atoms with E-state index in [-0.39, 0.29) is 24.1 Å². The molecule has 0 saturated heterocycles. The molecule has 28 heavy (non-hydrogen) atoms. The highest BCUT2D eigenvalue weighted by atomic mass is 16.5. The summed E-state index contributed by atoms with van der Waals surface area (Å²) in [6, 6.07) is 0. The summed E-state index contributed by atoms with van der Waals surface area (Å²) in [5.74, 6) is 2.51. The van der Waals surface area contributed by atoms with E-state index in [9.17, 15) is 15.0 Å². The van der Waals surface area contributed by atoms with Gasteiger partial charge in [-0.05, 0) is 86.9 Å². The zero-order valence-electron chi connectivity index (χ0n) is 17.8. The van der Waals surface area contributed by atoms with Crippen molar-refractivity contribution >= 4 is 5.97 Å². The lowest BCUT2D eigenvalue weighted by Crippen LogP contribution is -2.56. The molecule has 0 radical (unpaired) electrons. The van der Waals surface area contributed by atoms with Crippen LogP contribution in [0.25, 0.3) is 0 Å². The van der Waals surface area contributed by atoms with Crippen LogP contribution in [0.15, 0.2) is 12.2 Å². The van der Waals surface area contributed by atoms with E-state index in [0.29, 0.717) is 23.2 Å². The molecule has 4 nitrogen and oxygen atoms in total.